The lowest BCUT2D eigenvalue weighted by molar-refractivity contribution is 0.201. The Morgan fingerprint density at radius 3 is 2.26 bits per heavy atom. The lowest BCUT2D eigenvalue weighted by atomic mass is 10.0. The van der Waals surface area contributed by atoms with E-state index < -0.39 is 0 Å². The molecule has 2 heterocycles. The summed E-state index contributed by atoms with van der Waals surface area (Å²) in [5, 5.41) is 12.6. The number of rotatable bonds is 6. The first kappa shape index (κ1) is 22.2. The summed E-state index contributed by atoms with van der Waals surface area (Å²) in [7, 11) is 0. The highest BCUT2D eigenvalue weighted by Crippen LogP contribution is 2.30. The zero-order chi connectivity index (χ0) is 23.5. The third kappa shape index (κ3) is 4.68. The number of aromatic nitrogens is 4. The molecule has 1 aliphatic rings. The van der Waals surface area contributed by atoms with Crippen LogP contribution in [0.15, 0.2) is 72.8 Å². The number of anilines is 1. The molecule has 0 N–H and O–H groups in total. The van der Waals surface area contributed by atoms with Gasteiger partial charge in [0.2, 0.25) is 0 Å². The Kier molecular flexibility index (Phi) is 6.31. The molecule has 0 saturated carbocycles. The van der Waals surface area contributed by atoms with E-state index in [9.17, 15) is 8.78 Å². The molecule has 6 nitrogen and oxygen atoms in total. The van der Waals surface area contributed by atoms with Gasteiger partial charge >= 0.3 is 0 Å². The van der Waals surface area contributed by atoms with Crippen LogP contribution >= 0.6 is 0 Å². The molecule has 0 unspecified atom stereocenters. The third-order valence-electron chi connectivity index (χ3n) is 6.32. The maximum Gasteiger partial charge on any atom is 0.173 e. The van der Waals surface area contributed by atoms with Gasteiger partial charge in [0.1, 0.15) is 11.6 Å². The molecule has 4 aromatic rings. The van der Waals surface area contributed by atoms with Crippen molar-refractivity contribution < 1.29 is 8.78 Å². The Bertz CT molecular complexity index is 1230. The molecular weight excluding hydrogens is 434 g/mol. The molecular formula is C26H26F2N6. The van der Waals surface area contributed by atoms with Crippen molar-refractivity contribution in [3.05, 3.63) is 107 Å². The van der Waals surface area contributed by atoms with Crippen LogP contribution in [-0.4, -0.2) is 51.3 Å². The standard InChI is InChI=1S/C26H26F2N6/c1-19-6-10-21(11-7-19)25(26-29-30-31-34(26)18-20-8-12-22(27)13-9-20)33-16-14-32(15-17-33)24-5-3-2-4-23(24)28/h2-13,25H,14-18H2,1H3/t25-/m1/s1. The molecule has 1 aliphatic heterocycles. The van der Waals surface area contributed by atoms with E-state index in [0.29, 0.717) is 25.3 Å². The van der Waals surface area contributed by atoms with Crippen LogP contribution in [0.25, 0.3) is 0 Å². The number of nitrogens with zero attached hydrogens (tertiary/aromatic N) is 6. The average molecular weight is 461 g/mol. The number of halogens is 2. The van der Waals surface area contributed by atoms with E-state index in [4.69, 9.17) is 0 Å². The fraction of sp³-hybridized carbons (Fsp3) is 0.269. The average Bonchev–Trinajstić information content (AvgIpc) is 3.30. The summed E-state index contributed by atoms with van der Waals surface area (Å²) >= 11 is 0. The Balaban J connectivity index is 1.43. The number of aryl methyl sites for hydroxylation is 1. The number of piperazine rings is 1. The van der Waals surface area contributed by atoms with Crippen LogP contribution in [0.5, 0.6) is 0 Å². The maximum absolute atomic E-state index is 14.3. The van der Waals surface area contributed by atoms with E-state index in [1.165, 1.54) is 23.8 Å². The highest BCUT2D eigenvalue weighted by molar-refractivity contribution is 5.48. The fourth-order valence-corrected chi connectivity index (χ4v) is 4.48. The molecule has 1 aromatic heterocycles. The van der Waals surface area contributed by atoms with Crippen molar-refractivity contribution in [2.75, 3.05) is 31.1 Å². The van der Waals surface area contributed by atoms with Crippen LogP contribution in [0.3, 0.4) is 0 Å². The molecule has 0 radical (unpaired) electrons. The number of tetrazole rings is 1. The summed E-state index contributed by atoms with van der Waals surface area (Å²) in [6.07, 6.45) is 0. The molecule has 3 aromatic carbocycles. The Morgan fingerprint density at radius 1 is 0.853 bits per heavy atom. The van der Waals surface area contributed by atoms with E-state index in [-0.39, 0.29) is 17.7 Å². The van der Waals surface area contributed by atoms with E-state index in [1.807, 2.05) is 12.1 Å². The smallest absolute Gasteiger partial charge is 0.173 e. The highest BCUT2D eigenvalue weighted by atomic mass is 19.1. The second-order valence-electron chi connectivity index (χ2n) is 8.61. The second-order valence-corrected chi connectivity index (χ2v) is 8.61. The second kappa shape index (κ2) is 9.69. The van der Waals surface area contributed by atoms with Gasteiger partial charge in [-0.25, -0.2) is 13.5 Å². The van der Waals surface area contributed by atoms with Gasteiger partial charge in [0.05, 0.1) is 18.3 Å². The van der Waals surface area contributed by atoms with Crippen molar-refractivity contribution in [2.45, 2.75) is 19.5 Å². The molecule has 0 aliphatic carbocycles. The molecule has 1 atom stereocenters. The van der Waals surface area contributed by atoms with Gasteiger partial charge < -0.3 is 4.90 Å². The monoisotopic (exact) mass is 460 g/mol. The zero-order valence-corrected chi connectivity index (χ0v) is 19.0. The largest absolute Gasteiger partial charge is 0.367 e. The van der Waals surface area contributed by atoms with Gasteiger partial charge in [-0.15, -0.1) is 5.10 Å². The summed E-state index contributed by atoms with van der Waals surface area (Å²) in [6.45, 7) is 5.36. The van der Waals surface area contributed by atoms with Crippen molar-refractivity contribution >= 4 is 5.69 Å². The maximum atomic E-state index is 14.3. The summed E-state index contributed by atoms with van der Waals surface area (Å²) in [6, 6.07) is 21.5. The van der Waals surface area contributed by atoms with Crippen LogP contribution in [0.1, 0.15) is 28.6 Å². The number of hydrogen-bond acceptors (Lipinski definition) is 5. The zero-order valence-electron chi connectivity index (χ0n) is 19.0. The van der Waals surface area contributed by atoms with Crippen LogP contribution in [0.4, 0.5) is 14.5 Å². The van der Waals surface area contributed by atoms with Crippen LogP contribution in [-0.2, 0) is 6.54 Å². The van der Waals surface area contributed by atoms with Gasteiger partial charge in [-0.1, -0.05) is 54.1 Å². The number of hydrogen-bond donors (Lipinski definition) is 0. The first-order chi connectivity index (χ1) is 16.6. The lowest BCUT2D eigenvalue weighted by Crippen LogP contribution is -2.48. The molecule has 1 fully saturated rings. The Labute approximate surface area is 197 Å². The van der Waals surface area contributed by atoms with Crippen LogP contribution < -0.4 is 4.90 Å². The number of benzene rings is 3. The topological polar surface area (TPSA) is 50.1 Å². The van der Waals surface area contributed by atoms with Crippen molar-refractivity contribution in [3.63, 3.8) is 0 Å². The van der Waals surface area contributed by atoms with Gasteiger partial charge in [-0.05, 0) is 52.7 Å². The Hall–Kier alpha value is -3.65. The molecule has 5 rings (SSSR count). The Morgan fingerprint density at radius 2 is 1.56 bits per heavy atom. The molecule has 8 heteroatoms. The van der Waals surface area contributed by atoms with Crippen LogP contribution in [0.2, 0.25) is 0 Å². The first-order valence-corrected chi connectivity index (χ1v) is 11.4. The highest BCUT2D eigenvalue weighted by Gasteiger charge is 2.31. The minimum Gasteiger partial charge on any atom is -0.367 e. The van der Waals surface area contributed by atoms with Crippen molar-refractivity contribution in [1.29, 1.82) is 0 Å². The molecule has 0 bridgehead atoms. The molecule has 1 saturated heterocycles. The van der Waals surface area contributed by atoms with Gasteiger partial charge in [-0.2, -0.15) is 0 Å². The van der Waals surface area contributed by atoms with Gasteiger partial charge in [0, 0.05) is 26.2 Å². The minimum absolute atomic E-state index is 0.154. The van der Waals surface area contributed by atoms with Crippen LogP contribution in [0, 0.1) is 18.6 Å². The quantitative estimate of drug-likeness (QED) is 0.431. The summed E-state index contributed by atoms with van der Waals surface area (Å²) in [5.41, 5.74) is 3.83. The normalized spacial score (nSPS) is 15.4. The number of para-hydroxylation sites is 1. The molecule has 0 spiro atoms. The van der Waals surface area contributed by atoms with E-state index in [2.05, 4.69) is 56.5 Å². The molecule has 0 amide bonds. The summed E-state index contributed by atoms with van der Waals surface area (Å²) in [5.74, 6) is 0.257. The predicted octanol–water partition coefficient (Wildman–Crippen LogP) is 4.22. The van der Waals surface area contributed by atoms with Gasteiger partial charge in [0.15, 0.2) is 5.82 Å². The van der Waals surface area contributed by atoms with E-state index >= 15 is 0 Å². The van der Waals surface area contributed by atoms with Crippen molar-refractivity contribution in [1.82, 2.24) is 25.1 Å². The third-order valence-corrected chi connectivity index (χ3v) is 6.32. The first-order valence-electron chi connectivity index (χ1n) is 11.4. The minimum atomic E-state index is -0.272. The van der Waals surface area contributed by atoms with Crippen molar-refractivity contribution in [3.8, 4) is 0 Å². The SMILES string of the molecule is Cc1ccc([C@H](c2nnnn2Cc2ccc(F)cc2)N2CCN(c3ccccc3F)CC2)cc1. The molecule has 174 valence electrons. The van der Waals surface area contributed by atoms with Gasteiger partial charge in [0.25, 0.3) is 0 Å². The van der Waals surface area contributed by atoms with E-state index in [0.717, 1.165) is 30.0 Å². The fourth-order valence-electron chi connectivity index (χ4n) is 4.48. The summed E-state index contributed by atoms with van der Waals surface area (Å²) < 4.78 is 29.5. The van der Waals surface area contributed by atoms with E-state index in [1.54, 1.807) is 22.9 Å². The van der Waals surface area contributed by atoms with Gasteiger partial charge in [-0.3, -0.25) is 4.90 Å². The molecule has 34 heavy (non-hydrogen) atoms. The predicted molar refractivity (Wildman–Crippen MR) is 127 cm³/mol. The summed E-state index contributed by atoms with van der Waals surface area (Å²) in [4.78, 5) is 4.42. The lowest BCUT2D eigenvalue weighted by Gasteiger charge is -2.40. The van der Waals surface area contributed by atoms with Crippen molar-refractivity contribution in [2.24, 2.45) is 0 Å².